The average molecular weight is 376 g/mol. The molecule has 0 aromatic rings. The average Bonchev–Trinajstić information content (AvgIpc) is 3.11. The first-order valence-electron chi connectivity index (χ1n) is 10.2. The maximum atomic E-state index is 13.1. The number of rotatable bonds is 2. The van der Waals surface area contributed by atoms with Crippen LogP contribution in [0.25, 0.3) is 0 Å². The van der Waals surface area contributed by atoms with Crippen molar-refractivity contribution in [3.63, 3.8) is 0 Å². The smallest absolute Gasteiger partial charge is 0.227 e. The number of nitrogens with zero attached hydrogens (tertiary/aromatic N) is 5. The van der Waals surface area contributed by atoms with E-state index in [-0.39, 0.29) is 23.7 Å². The van der Waals surface area contributed by atoms with Gasteiger partial charge in [-0.3, -0.25) is 14.6 Å². The van der Waals surface area contributed by atoms with Crippen molar-refractivity contribution in [1.82, 2.24) is 19.7 Å². The largest absolute Gasteiger partial charge is 0.354 e. The second kappa shape index (κ2) is 8.76. The highest BCUT2D eigenvalue weighted by atomic mass is 16.2. The molecule has 3 aliphatic heterocycles. The van der Waals surface area contributed by atoms with E-state index in [9.17, 15) is 9.59 Å². The summed E-state index contributed by atoms with van der Waals surface area (Å²) in [6, 6.07) is 0. The van der Waals surface area contributed by atoms with Crippen LogP contribution in [0.4, 0.5) is 0 Å². The van der Waals surface area contributed by atoms with Gasteiger partial charge in [0.15, 0.2) is 0 Å². The van der Waals surface area contributed by atoms with Crippen molar-refractivity contribution in [3.05, 3.63) is 12.2 Å². The van der Waals surface area contributed by atoms with Crippen LogP contribution in [-0.4, -0.2) is 90.2 Å². The van der Waals surface area contributed by atoms with Crippen molar-refractivity contribution in [1.29, 1.82) is 0 Å². The highest BCUT2D eigenvalue weighted by Gasteiger charge is 2.33. The van der Waals surface area contributed by atoms with Gasteiger partial charge in [0, 0.05) is 52.2 Å². The number of amides is 2. The lowest BCUT2D eigenvalue weighted by molar-refractivity contribution is -0.139. The highest BCUT2D eigenvalue weighted by Crippen LogP contribution is 2.21. The van der Waals surface area contributed by atoms with E-state index in [1.807, 2.05) is 35.7 Å². The molecule has 0 N–H and O–H groups in total. The summed E-state index contributed by atoms with van der Waals surface area (Å²) < 4.78 is 0. The molecule has 0 spiro atoms. The number of carbonyl (C=O) groups excluding carboxylic acids is 2. The molecule has 2 fully saturated rings. The number of hydrogen-bond donors (Lipinski definition) is 0. The fourth-order valence-electron chi connectivity index (χ4n) is 4.03. The number of amidine groups is 1. The molecule has 0 radical (unpaired) electrons. The molecule has 2 saturated heterocycles. The van der Waals surface area contributed by atoms with Crippen molar-refractivity contribution in [2.75, 3.05) is 52.9 Å². The first-order chi connectivity index (χ1) is 13.0. The van der Waals surface area contributed by atoms with Crippen LogP contribution in [0.5, 0.6) is 0 Å². The zero-order valence-corrected chi connectivity index (χ0v) is 16.9. The molecule has 0 saturated carbocycles. The molecule has 3 rings (SSSR count). The van der Waals surface area contributed by atoms with Crippen LogP contribution in [0.15, 0.2) is 17.3 Å². The van der Waals surface area contributed by atoms with Crippen LogP contribution < -0.4 is 0 Å². The topological polar surface area (TPSA) is 59.5 Å². The van der Waals surface area contributed by atoms with Gasteiger partial charge in [-0.25, -0.2) is 0 Å². The monoisotopic (exact) mass is 375 g/mol. The number of likely N-dealkylation sites (tertiary alicyclic amines) is 1. The Kier molecular flexibility index (Phi) is 6.39. The Hall–Kier alpha value is -2.05. The minimum atomic E-state index is 0.0134. The minimum Gasteiger partial charge on any atom is -0.354 e. The maximum absolute atomic E-state index is 13.1. The molecule has 0 aromatic heterocycles. The second-order valence-electron chi connectivity index (χ2n) is 8.14. The summed E-state index contributed by atoms with van der Waals surface area (Å²) in [7, 11) is 1.96. The predicted octanol–water partition coefficient (Wildman–Crippen LogP) is 1.23. The van der Waals surface area contributed by atoms with Gasteiger partial charge in [-0.1, -0.05) is 19.9 Å². The third-order valence-electron chi connectivity index (χ3n) is 5.63. The fraction of sp³-hybridized carbons (Fsp3) is 0.750. The molecule has 3 aliphatic rings. The molecular weight excluding hydrogens is 342 g/mol. The Balaban J connectivity index is 1.57. The lowest BCUT2D eigenvalue weighted by atomic mass is 10.1. The quantitative estimate of drug-likeness (QED) is 0.728. The molecular formula is C20H33N5O2. The van der Waals surface area contributed by atoms with Gasteiger partial charge in [0.25, 0.3) is 0 Å². The Morgan fingerprint density at radius 2 is 1.78 bits per heavy atom. The van der Waals surface area contributed by atoms with Gasteiger partial charge in [-0.2, -0.15) is 5.10 Å². The normalized spacial score (nSPS) is 24.1. The van der Waals surface area contributed by atoms with Crippen LogP contribution >= 0.6 is 0 Å². The van der Waals surface area contributed by atoms with E-state index < -0.39 is 0 Å². The summed E-state index contributed by atoms with van der Waals surface area (Å²) in [5.74, 6) is 1.44. The summed E-state index contributed by atoms with van der Waals surface area (Å²) in [5.41, 5.74) is 0. The van der Waals surface area contributed by atoms with Crippen molar-refractivity contribution in [3.8, 4) is 0 Å². The lowest BCUT2D eigenvalue weighted by Gasteiger charge is -2.33. The first-order valence-corrected chi connectivity index (χ1v) is 10.2. The molecule has 1 atom stereocenters. The summed E-state index contributed by atoms with van der Waals surface area (Å²) in [4.78, 5) is 31.6. The van der Waals surface area contributed by atoms with Gasteiger partial charge >= 0.3 is 0 Å². The maximum Gasteiger partial charge on any atom is 0.227 e. The van der Waals surface area contributed by atoms with E-state index in [1.165, 1.54) is 0 Å². The summed E-state index contributed by atoms with van der Waals surface area (Å²) in [6.45, 7) is 9.25. The number of likely N-dealkylation sites (N-methyl/N-ethyl adjacent to an activating group) is 1. The zero-order chi connectivity index (χ0) is 19.4. The van der Waals surface area contributed by atoms with E-state index in [4.69, 9.17) is 0 Å². The standard InChI is InChI=1S/C20H33N5O2/c1-16(2)19(26)23-10-4-5-11-24(14-13-23)20(27)17-8-12-25(15-17)18-7-6-9-22(3)21-18/h6-7,16-17H,4-5,8-15H2,1-3H3. The van der Waals surface area contributed by atoms with Gasteiger partial charge in [0.05, 0.1) is 12.5 Å². The Morgan fingerprint density at radius 1 is 1.07 bits per heavy atom. The molecule has 7 nitrogen and oxygen atoms in total. The van der Waals surface area contributed by atoms with Crippen molar-refractivity contribution in [2.45, 2.75) is 33.1 Å². The molecule has 27 heavy (non-hydrogen) atoms. The molecule has 0 bridgehead atoms. The van der Waals surface area contributed by atoms with Gasteiger partial charge in [0.1, 0.15) is 5.84 Å². The molecule has 0 aliphatic carbocycles. The lowest BCUT2D eigenvalue weighted by Crippen LogP contribution is -2.47. The van der Waals surface area contributed by atoms with Crippen molar-refractivity contribution in [2.24, 2.45) is 16.9 Å². The third kappa shape index (κ3) is 4.82. The van der Waals surface area contributed by atoms with Crippen molar-refractivity contribution < 1.29 is 9.59 Å². The Morgan fingerprint density at radius 3 is 2.48 bits per heavy atom. The molecule has 150 valence electrons. The van der Waals surface area contributed by atoms with E-state index in [0.29, 0.717) is 13.1 Å². The first kappa shape index (κ1) is 19.7. The summed E-state index contributed by atoms with van der Waals surface area (Å²) >= 11 is 0. The third-order valence-corrected chi connectivity index (χ3v) is 5.63. The van der Waals surface area contributed by atoms with Gasteiger partial charge in [-0.15, -0.1) is 0 Å². The zero-order valence-electron chi connectivity index (χ0n) is 16.9. The second-order valence-corrected chi connectivity index (χ2v) is 8.14. The molecule has 2 amide bonds. The SMILES string of the molecule is CC(C)C(=O)N1CCCCN(C(=O)C2CCN(C3=NN(C)CC=C3)C2)CC1. The van der Waals surface area contributed by atoms with Gasteiger partial charge in [-0.05, 0) is 25.3 Å². The fourth-order valence-corrected chi connectivity index (χ4v) is 4.03. The van der Waals surface area contributed by atoms with Gasteiger partial charge < -0.3 is 14.7 Å². The minimum absolute atomic E-state index is 0.0134. The number of hydrogen-bond acceptors (Lipinski definition) is 5. The van der Waals surface area contributed by atoms with Crippen LogP contribution in [-0.2, 0) is 9.59 Å². The molecule has 0 aromatic carbocycles. The highest BCUT2D eigenvalue weighted by molar-refractivity contribution is 5.94. The Bertz CT molecular complexity index is 615. The van der Waals surface area contributed by atoms with Crippen LogP contribution in [0, 0.1) is 11.8 Å². The van der Waals surface area contributed by atoms with E-state index >= 15 is 0 Å². The van der Waals surface area contributed by atoms with E-state index in [0.717, 1.165) is 57.8 Å². The van der Waals surface area contributed by atoms with Crippen LogP contribution in [0.2, 0.25) is 0 Å². The molecule has 7 heteroatoms. The van der Waals surface area contributed by atoms with Crippen LogP contribution in [0.1, 0.15) is 33.1 Å². The van der Waals surface area contributed by atoms with Gasteiger partial charge in [0.2, 0.25) is 11.8 Å². The van der Waals surface area contributed by atoms with E-state index in [2.05, 4.69) is 22.2 Å². The Labute approximate surface area is 162 Å². The van der Waals surface area contributed by atoms with Crippen LogP contribution in [0.3, 0.4) is 0 Å². The number of carbonyl (C=O) groups is 2. The molecule has 3 heterocycles. The number of hydrazone groups is 1. The summed E-state index contributed by atoms with van der Waals surface area (Å²) in [6.07, 6.45) is 6.96. The van der Waals surface area contributed by atoms with Crippen molar-refractivity contribution >= 4 is 17.6 Å². The molecule has 1 unspecified atom stereocenters. The van der Waals surface area contributed by atoms with E-state index in [1.54, 1.807) is 0 Å². The predicted molar refractivity (Wildman–Crippen MR) is 106 cm³/mol. The summed E-state index contributed by atoms with van der Waals surface area (Å²) in [5, 5.41) is 6.48.